The first kappa shape index (κ1) is 18.0. The van der Waals surface area contributed by atoms with Crippen molar-refractivity contribution in [1.82, 2.24) is 15.5 Å². The number of nitrogens with one attached hydrogen (secondary N) is 2. The van der Waals surface area contributed by atoms with Crippen LogP contribution >= 0.6 is 0 Å². The van der Waals surface area contributed by atoms with E-state index in [0.717, 1.165) is 24.2 Å². The first-order valence-electron chi connectivity index (χ1n) is 8.78. The molecule has 0 aliphatic heterocycles. The zero-order valence-electron chi connectivity index (χ0n) is 15.0. The molecular weight excluding hydrogens is 334 g/mol. The predicted molar refractivity (Wildman–Crippen MR) is 96.6 cm³/mol. The Labute approximate surface area is 151 Å². The Balaban J connectivity index is 1.70. The van der Waals surface area contributed by atoms with E-state index in [1.54, 1.807) is 7.11 Å². The summed E-state index contributed by atoms with van der Waals surface area (Å²) < 4.78 is 11.5. The molecule has 1 fully saturated rings. The molecule has 1 heterocycles. The summed E-state index contributed by atoms with van der Waals surface area (Å²) in [5.41, 5.74) is 0.695. The maximum absolute atomic E-state index is 12.2. The fraction of sp³-hybridized carbons (Fsp3) is 0.421. The minimum Gasteiger partial charge on any atom is -0.493 e. The summed E-state index contributed by atoms with van der Waals surface area (Å²) in [6.07, 6.45) is 4.80. The standard InChI is InChI=1S/C19H23N3O4/c1-12(20-19(24)15-8-10-18(23)22-21-15)13-7-9-16(17(11-13)25-2)26-14-5-3-4-6-14/h7-12,14H,3-6H2,1-2H3,(H,20,24)(H,22,23). The fourth-order valence-electron chi connectivity index (χ4n) is 3.06. The molecule has 7 heteroatoms. The van der Waals surface area contributed by atoms with Crippen LogP contribution in [0.15, 0.2) is 35.1 Å². The van der Waals surface area contributed by atoms with E-state index in [0.29, 0.717) is 5.75 Å². The summed E-state index contributed by atoms with van der Waals surface area (Å²) >= 11 is 0. The van der Waals surface area contributed by atoms with Gasteiger partial charge in [0.05, 0.1) is 19.3 Å². The molecule has 1 unspecified atom stereocenters. The quantitative estimate of drug-likeness (QED) is 0.829. The smallest absolute Gasteiger partial charge is 0.272 e. The Morgan fingerprint density at radius 2 is 2.00 bits per heavy atom. The molecule has 0 spiro atoms. The number of carbonyl (C=O) groups excluding carboxylic acids is 1. The molecule has 7 nitrogen and oxygen atoms in total. The van der Waals surface area contributed by atoms with Gasteiger partial charge >= 0.3 is 0 Å². The normalized spacial score (nSPS) is 15.5. The van der Waals surface area contributed by atoms with Gasteiger partial charge in [0.15, 0.2) is 11.5 Å². The van der Waals surface area contributed by atoms with Gasteiger partial charge in [-0.2, -0.15) is 5.10 Å². The summed E-state index contributed by atoms with van der Waals surface area (Å²) in [5, 5.41) is 8.84. The number of H-pyrrole nitrogens is 1. The molecule has 2 aromatic rings. The van der Waals surface area contributed by atoms with E-state index in [2.05, 4.69) is 15.5 Å². The lowest BCUT2D eigenvalue weighted by molar-refractivity contribution is 0.0933. The lowest BCUT2D eigenvalue weighted by Crippen LogP contribution is -2.28. The third kappa shape index (κ3) is 4.22. The van der Waals surface area contributed by atoms with Gasteiger partial charge in [-0.25, -0.2) is 5.10 Å². The van der Waals surface area contributed by atoms with Crippen molar-refractivity contribution in [2.45, 2.75) is 44.8 Å². The van der Waals surface area contributed by atoms with Gasteiger partial charge in [0.1, 0.15) is 5.69 Å². The Hall–Kier alpha value is -2.83. The van der Waals surface area contributed by atoms with Crippen molar-refractivity contribution in [2.24, 2.45) is 0 Å². The highest BCUT2D eigenvalue weighted by Gasteiger charge is 2.20. The van der Waals surface area contributed by atoms with Crippen LogP contribution in [-0.4, -0.2) is 29.3 Å². The second-order valence-corrected chi connectivity index (χ2v) is 6.44. The van der Waals surface area contributed by atoms with E-state index in [1.807, 2.05) is 25.1 Å². The van der Waals surface area contributed by atoms with E-state index >= 15 is 0 Å². The number of carbonyl (C=O) groups is 1. The second-order valence-electron chi connectivity index (χ2n) is 6.44. The average Bonchev–Trinajstić information content (AvgIpc) is 3.15. The van der Waals surface area contributed by atoms with Crippen LogP contribution in [0.1, 0.15) is 54.7 Å². The van der Waals surface area contributed by atoms with Gasteiger partial charge in [-0.05, 0) is 56.4 Å². The Kier molecular flexibility index (Phi) is 5.55. The lowest BCUT2D eigenvalue weighted by Gasteiger charge is -2.19. The minimum atomic E-state index is -0.362. The van der Waals surface area contributed by atoms with Crippen LogP contribution in [0.3, 0.4) is 0 Å². The number of hydrogen-bond donors (Lipinski definition) is 2. The molecule has 1 saturated carbocycles. The molecule has 2 N–H and O–H groups in total. The van der Waals surface area contributed by atoms with Gasteiger partial charge in [-0.1, -0.05) is 6.07 Å². The minimum absolute atomic E-state index is 0.157. The molecule has 0 saturated heterocycles. The van der Waals surface area contributed by atoms with E-state index < -0.39 is 0 Å². The summed E-state index contributed by atoms with van der Waals surface area (Å²) in [5.74, 6) is 1.01. The number of rotatable bonds is 6. The number of aromatic nitrogens is 2. The van der Waals surface area contributed by atoms with Crippen molar-refractivity contribution in [3.8, 4) is 11.5 Å². The van der Waals surface area contributed by atoms with Crippen LogP contribution in [0.4, 0.5) is 0 Å². The summed E-state index contributed by atoms with van der Waals surface area (Å²) in [6.45, 7) is 1.87. The third-order valence-electron chi connectivity index (χ3n) is 4.54. The topological polar surface area (TPSA) is 93.3 Å². The number of nitrogens with zero attached hydrogens (tertiary/aromatic N) is 1. The Bertz CT molecular complexity index is 807. The molecule has 1 aliphatic rings. The van der Waals surface area contributed by atoms with Gasteiger partial charge in [-0.15, -0.1) is 0 Å². The molecule has 3 rings (SSSR count). The number of aromatic amines is 1. The molecule has 26 heavy (non-hydrogen) atoms. The number of methoxy groups -OCH3 is 1. The van der Waals surface area contributed by atoms with E-state index in [-0.39, 0.29) is 29.3 Å². The Morgan fingerprint density at radius 3 is 2.65 bits per heavy atom. The molecule has 1 aromatic heterocycles. The molecule has 1 aromatic carbocycles. The second kappa shape index (κ2) is 8.03. The highest BCUT2D eigenvalue weighted by molar-refractivity contribution is 5.92. The van der Waals surface area contributed by atoms with Crippen molar-refractivity contribution in [3.05, 3.63) is 51.9 Å². The van der Waals surface area contributed by atoms with Crippen LogP contribution < -0.4 is 20.3 Å². The fourth-order valence-corrected chi connectivity index (χ4v) is 3.06. The van der Waals surface area contributed by atoms with Crippen molar-refractivity contribution in [1.29, 1.82) is 0 Å². The average molecular weight is 357 g/mol. The number of ether oxygens (including phenoxy) is 2. The molecular formula is C19H23N3O4. The maximum Gasteiger partial charge on any atom is 0.272 e. The predicted octanol–water partition coefficient (Wildman–Crippen LogP) is 2.59. The monoisotopic (exact) mass is 357 g/mol. The number of hydrogen-bond acceptors (Lipinski definition) is 5. The van der Waals surface area contributed by atoms with E-state index in [9.17, 15) is 9.59 Å². The van der Waals surface area contributed by atoms with Crippen LogP contribution in [0.2, 0.25) is 0 Å². The molecule has 0 radical (unpaired) electrons. The van der Waals surface area contributed by atoms with Crippen LogP contribution in [0.5, 0.6) is 11.5 Å². The molecule has 138 valence electrons. The van der Waals surface area contributed by atoms with Crippen LogP contribution in [0.25, 0.3) is 0 Å². The van der Waals surface area contributed by atoms with Gasteiger partial charge in [0.2, 0.25) is 0 Å². The first-order chi connectivity index (χ1) is 12.6. The SMILES string of the molecule is COc1cc(C(C)NC(=O)c2ccc(=O)[nH]n2)ccc1OC1CCCC1. The summed E-state index contributed by atoms with van der Waals surface area (Å²) in [7, 11) is 1.61. The van der Waals surface area contributed by atoms with Crippen LogP contribution in [0, 0.1) is 0 Å². The van der Waals surface area contributed by atoms with Crippen LogP contribution in [-0.2, 0) is 0 Å². The largest absolute Gasteiger partial charge is 0.493 e. The van der Waals surface area contributed by atoms with Crippen molar-refractivity contribution >= 4 is 5.91 Å². The van der Waals surface area contributed by atoms with Crippen molar-refractivity contribution in [3.63, 3.8) is 0 Å². The van der Waals surface area contributed by atoms with Crippen molar-refractivity contribution < 1.29 is 14.3 Å². The van der Waals surface area contributed by atoms with Crippen molar-refractivity contribution in [2.75, 3.05) is 7.11 Å². The van der Waals surface area contributed by atoms with Gasteiger partial charge in [0, 0.05) is 6.07 Å². The maximum atomic E-state index is 12.2. The third-order valence-corrected chi connectivity index (χ3v) is 4.54. The van der Waals surface area contributed by atoms with E-state index in [1.165, 1.54) is 25.0 Å². The number of benzene rings is 1. The summed E-state index contributed by atoms with van der Waals surface area (Å²) in [4.78, 5) is 23.3. The lowest BCUT2D eigenvalue weighted by atomic mass is 10.1. The molecule has 0 bridgehead atoms. The zero-order chi connectivity index (χ0) is 18.5. The first-order valence-corrected chi connectivity index (χ1v) is 8.78. The van der Waals surface area contributed by atoms with E-state index in [4.69, 9.17) is 9.47 Å². The highest BCUT2D eigenvalue weighted by atomic mass is 16.5. The molecule has 1 amide bonds. The summed E-state index contributed by atoms with van der Waals surface area (Å²) in [6, 6.07) is 8.07. The zero-order valence-corrected chi connectivity index (χ0v) is 15.0. The molecule has 1 atom stereocenters. The van der Waals surface area contributed by atoms with Gasteiger partial charge in [-0.3, -0.25) is 9.59 Å². The number of amides is 1. The van der Waals surface area contributed by atoms with Gasteiger partial charge in [0.25, 0.3) is 11.5 Å². The molecule has 1 aliphatic carbocycles. The highest BCUT2D eigenvalue weighted by Crippen LogP contribution is 2.33. The van der Waals surface area contributed by atoms with Gasteiger partial charge < -0.3 is 14.8 Å². The Morgan fingerprint density at radius 1 is 1.23 bits per heavy atom.